The van der Waals surface area contributed by atoms with Gasteiger partial charge in [0.05, 0.1) is 6.10 Å². The molecule has 1 aromatic heterocycles. The molecule has 2 aliphatic heterocycles. The molecule has 24 heavy (non-hydrogen) atoms. The molecule has 3 heterocycles. The lowest BCUT2D eigenvalue weighted by molar-refractivity contribution is 0.0264. The van der Waals surface area contributed by atoms with Gasteiger partial charge in [0.1, 0.15) is 0 Å². The van der Waals surface area contributed by atoms with Gasteiger partial charge in [0, 0.05) is 25.0 Å². The standard InChI is InChI=1S/C19H30N4O/c24-18(14-5-9-20-10-6-14)15-7-11-23(12-8-15)19-21-13-16-3-1-2-4-17(16)22-19/h13-15,18,20,24H,1-12H2. The second kappa shape index (κ2) is 7.36. The zero-order valence-electron chi connectivity index (χ0n) is 14.6. The first-order valence-corrected chi connectivity index (χ1v) is 9.80. The largest absolute Gasteiger partial charge is 0.393 e. The summed E-state index contributed by atoms with van der Waals surface area (Å²) in [5.74, 6) is 1.84. The van der Waals surface area contributed by atoms with Gasteiger partial charge < -0.3 is 15.3 Å². The Kier molecular flexibility index (Phi) is 4.99. The van der Waals surface area contributed by atoms with Gasteiger partial charge in [0.2, 0.25) is 5.95 Å². The van der Waals surface area contributed by atoms with Crippen molar-refractivity contribution in [1.82, 2.24) is 15.3 Å². The summed E-state index contributed by atoms with van der Waals surface area (Å²) in [7, 11) is 0. The second-order valence-electron chi connectivity index (χ2n) is 7.75. The molecule has 1 atom stereocenters. The van der Waals surface area contributed by atoms with Crippen molar-refractivity contribution in [2.75, 3.05) is 31.1 Å². The normalized spacial score (nSPS) is 24.6. The number of nitrogens with zero attached hydrogens (tertiary/aromatic N) is 3. The number of nitrogens with one attached hydrogen (secondary N) is 1. The maximum atomic E-state index is 10.7. The summed E-state index contributed by atoms with van der Waals surface area (Å²) in [4.78, 5) is 11.8. The van der Waals surface area contributed by atoms with E-state index in [-0.39, 0.29) is 6.10 Å². The summed E-state index contributed by atoms with van der Waals surface area (Å²) in [6.45, 7) is 4.07. The van der Waals surface area contributed by atoms with E-state index >= 15 is 0 Å². The number of aliphatic hydroxyl groups excluding tert-OH is 1. The smallest absolute Gasteiger partial charge is 0.225 e. The van der Waals surface area contributed by atoms with E-state index in [1.54, 1.807) is 0 Å². The molecule has 2 N–H and O–H groups in total. The minimum absolute atomic E-state index is 0.126. The highest BCUT2D eigenvalue weighted by Crippen LogP contribution is 2.30. The topological polar surface area (TPSA) is 61.3 Å². The van der Waals surface area contributed by atoms with Gasteiger partial charge >= 0.3 is 0 Å². The van der Waals surface area contributed by atoms with Crippen LogP contribution in [-0.2, 0) is 12.8 Å². The van der Waals surface area contributed by atoms with Gasteiger partial charge in [-0.25, -0.2) is 9.97 Å². The van der Waals surface area contributed by atoms with Gasteiger partial charge in [-0.3, -0.25) is 0 Å². The molecular formula is C19H30N4O. The minimum Gasteiger partial charge on any atom is -0.393 e. The lowest BCUT2D eigenvalue weighted by Crippen LogP contribution is -2.43. The molecular weight excluding hydrogens is 300 g/mol. The summed E-state index contributed by atoms with van der Waals surface area (Å²) >= 11 is 0. The fourth-order valence-electron chi connectivity index (χ4n) is 4.63. The highest BCUT2D eigenvalue weighted by molar-refractivity contribution is 5.34. The number of aliphatic hydroxyl groups is 1. The fraction of sp³-hybridized carbons (Fsp3) is 0.789. The molecule has 1 unspecified atom stereocenters. The Labute approximate surface area is 144 Å². The zero-order valence-corrected chi connectivity index (χ0v) is 14.6. The van der Waals surface area contributed by atoms with Crippen molar-refractivity contribution >= 4 is 5.95 Å². The lowest BCUT2D eigenvalue weighted by Gasteiger charge is -2.38. The third kappa shape index (κ3) is 3.42. The summed E-state index contributed by atoms with van der Waals surface area (Å²) in [5.41, 5.74) is 2.62. The first-order valence-electron chi connectivity index (χ1n) is 9.80. The summed E-state index contributed by atoms with van der Waals surface area (Å²) in [6, 6.07) is 0. The Balaban J connectivity index is 1.35. The van der Waals surface area contributed by atoms with Crippen LogP contribution in [0, 0.1) is 11.8 Å². The van der Waals surface area contributed by atoms with Crippen molar-refractivity contribution in [2.24, 2.45) is 11.8 Å². The van der Waals surface area contributed by atoms with Gasteiger partial charge in [-0.2, -0.15) is 0 Å². The maximum absolute atomic E-state index is 10.7. The minimum atomic E-state index is -0.126. The van der Waals surface area contributed by atoms with Gasteiger partial charge in [-0.1, -0.05) is 0 Å². The average molecular weight is 330 g/mol. The van der Waals surface area contributed by atoms with Crippen LogP contribution in [0.15, 0.2) is 6.20 Å². The number of aryl methyl sites for hydroxylation is 2. The fourth-order valence-corrected chi connectivity index (χ4v) is 4.63. The average Bonchev–Trinajstić information content (AvgIpc) is 2.68. The second-order valence-corrected chi connectivity index (χ2v) is 7.75. The van der Waals surface area contributed by atoms with Gasteiger partial charge in [0.15, 0.2) is 0 Å². The molecule has 2 saturated heterocycles. The zero-order chi connectivity index (χ0) is 16.4. The Bertz CT molecular complexity index is 550. The van der Waals surface area contributed by atoms with E-state index in [9.17, 15) is 5.11 Å². The van der Waals surface area contributed by atoms with Crippen LogP contribution in [0.25, 0.3) is 0 Å². The highest BCUT2D eigenvalue weighted by atomic mass is 16.3. The number of rotatable bonds is 3. The predicted molar refractivity (Wildman–Crippen MR) is 95.2 cm³/mol. The summed E-state index contributed by atoms with van der Waals surface area (Å²) < 4.78 is 0. The number of fused-ring (bicyclic) bond motifs is 1. The first kappa shape index (κ1) is 16.3. The number of hydrogen-bond acceptors (Lipinski definition) is 5. The molecule has 0 radical (unpaired) electrons. The van der Waals surface area contributed by atoms with Crippen LogP contribution in [0.2, 0.25) is 0 Å². The molecule has 2 fully saturated rings. The summed E-state index contributed by atoms with van der Waals surface area (Å²) in [5, 5.41) is 14.1. The van der Waals surface area contributed by atoms with Crippen LogP contribution in [0.5, 0.6) is 0 Å². The molecule has 4 rings (SSSR count). The molecule has 5 heteroatoms. The quantitative estimate of drug-likeness (QED) is 0.887. The Morgan fingerprint density at radius 2 is 1.75 bits per heavy atom. The Morgan fingerprint density at radius 1 is 1.04 bits per heavy atom. The van der Waals surface area contributed by atoms with E-state index in [4.69, 9.17) is 4.98 Å². The summed E-state index contributed by atoms with van der Waals surface area (Å²) in [6.07, 6.45) is 11.1. The van der Waals surface area contributed by atoms with Gasteiger partial charge in [-0.05, 0) is 81.9 Å². The van der Waals surface area contributed by atoms with Crippen molar-refractivity contribution in [3.63, 3.8) is 0 Å². The van der Waals surface area contributed by atoms with E-state index in [1.165, 1.54) is 24.1 Å². The SMILES string of the molecule is OC(C1CCNCC1)C1CCN(c2ncc3c(n2)CCCC3)CC1. The molecule has 0 amide bonds. The molecule has 3 aliphatic rings. The molecule has 1 aromatic rings. The number of anilines is 1. The highest BCUT2D eigenvalue weighted by Gasteiger charge is 2.32. The van der Waals surface area contributed by atoms with E-state index < -0.39 is 0 Å². The Hall–Kier alpha value is -1.20. The van der Waals surface area contributed by atoms with Crippen molar-refractivity contribution < 1.29 is 5.11 Å². The van der Waals surface area contributed by atoms with E-state index in [0.29, 0.717) is 11.8 Å². The van der Waals surface area contributed by atoms with Crippen molar-refractivity contribution in [1.29, 1.82) is 0 Å². The van der Waals surface area contributed by atoms with Crippen LogP contribution in [0.3, 0.4) is 0 Å². The molecule has 0 bridgehead atoms. The molecule has 0 saturated carbocycles. The van der Waals surface area contributed by atoms with Crippen LogP contribution in [0.1, 0.15) is 49.8 Å². The van der Waals surface area contributed by atoms with Crippen molar-refractivity contribution in [2.45, 2.75) is 57.5 Å². The lowest BCUT2D eigenvalue weighted by atomic mass is 9.80. The van der Waals surface area contributed by atoms with Gasteiger partial charge in [-0.15, -0.1) is 0 Å². The number of piperidine rings is 2. The van der Waals surface area contributed by atoms with Crippen LogP contribution >= 0.6 is 0 Å². The molecule has 0 spiro atoms. The van der Waals surface area contributed by atoms with Crippen molar-refractivity contribution in [3.8, 4) is 0 Å². The number of hydrogen-bond donors (Lipinski definition) is 2. The van der Waals surface area contributed by atoms with E-state index in [2.05, 4.69) is 15.2 Å². The third-order valence-corrected chi connectivity index (χ3v) is 6.22. The maximum Gasteiger partial charge on any atom is 0.225 e. The molecule has 5 nitrogen and oxygen atoms in total. The van der Waals surface area contributed by atoms with E-state index in [0.717, 1.165) is 70.7 Å². The third-order valence-electron chi connectivity index (χ3n) is 6.22. The first-order chi connectivity index (χ1) is 11.8. The van der Waals surface area contributed by atoms with Gasteiger partial charge in [0.25, 0.3) is 0 Å². The van der Waals surface area contributed by atoms with Crippen LogP contribution in [-0.4, -0.2) is 47.4 Å². The van der Waals surface area contributed by atoms with Crippen molar-refractivity contribution in [3.05, 3.63) is 17.5 Å². The molecule has 0 aromatic carbocycles. The molecule has 1 aliphatic carbocycles. The number of aromatic nitrogens is 2. The predicted octanol–water partition coefficient (Wildman–Crippen LogP) is 1.93. The van der Waals surface area contributed by atoms with Crippen LogP contribution in [0.4, 0.5) is 5.95 Å². The Morgan fingerprint density at radius 3 is 2.54 bits per heavy atom. The van der Waals surface area contributed by atoms with Crippen LogP contribution < -0.4 is 10.2 Å². The monoisotopic (exact) mass is 330 g/mol. The van der Waals surface area contributed by atoms with E-state index in [1.807, 2.05) is 6.20 Å². The molecule has 132 valence electrons.